The second-order valence-corrected chi connectivity index (χ2v) is 5.83. The Labute approximate surface area is 124 Å². The standard InChI is InChI=1S/C17H29N3/c1-5-20(6-2)15-9-10-17(14(3)12-15)18-13-16-8-7-11-19(16)4/h9-10,12,16,18H,5-8,11,13H2,1-4H3. The molecule has 1 fully saturated rings. The van der Waals surface area contributed by atoms with E-state index >= 15 is 0 Å². The van der Waals surface area contributed by atoms with Gasteiger partial charge in [-0.1, -0.05) is 0 Å². The van der Waals surface area contributed by atoms with E-state index in [-0.39, 0.29) is 0 Å². The van der Waals surface area contributed by atoms with Crippen LogP contribution in [-0.4, -0.2) is 44.2 Å². The van der Waals surface area contributed by atoms with Crippen LogP contribution < -0.4 is 10.2 Å². The number of hydrogen-bond donors (Lipinski definition) is 1. The topological polar surface area (TPSA) is 18.5 Å². The fourth-order valence-electron chi connectivity index (χ4n) is 3.10. The Kier molecular flexibility index (Phi) is 5.30. The monoisotopic (exact) mass is 275 g/mol. The van der Waals surface area contributed by atoms with Gasteiger partial charge in [-0.2, -0.15) is 0 Å². The predicted molar refractivity (Wildman–Crippen MR) is 88.9 cm³/mol. The van der Waals surface area contributed by atoms with Crippen molar-refractivity contribution in [3.05, 3.63) is 23.8 Å². The molecule has 112 valence electrons. The summed E-state index contributed by atoms with van der Waals surface area (Å²) in [5, 5.41) is 3.63. The van der Waals surface area contributed by atoms with Gasteiger partial charge in [0.1, 0.15) is 0 Å². The van der Waals surface area contributed by atoms with Crippen LogP contribution in [0.25, 0.3) is 0 Å². The molecule has 1 aliphatic heterocycles. The zero-order chi connectivity index (χ0) is 14.5. The van der Waals surface area contributed by atoms with Gasteiger partial charge in [0.15, 0.2) is 0 Å². The lowest BCUT2D eigenvalue weighted by molar-refractivity contribution is 0.322. The van der Waals surface area contributed by atoms with Crippen molar-refractivity contribution in [2.45, 2.75) is 39.7 Å². The third kappa shape index (κ3) is 3.45. The van der Waals surface area contributed by atoms with Gasteiger partial charge >= 0.3 is 0 Å². The van der Waals surface area contributed by atoms with Crippen molar-refractivity contribution >= 4 is 11.4 Å². The largest absolute Gasteiger partial charge is 0.383 e. The second-order valence-electron chi connectivity index (χ2n) is 5.83. The molecule has 0 spiro atoms. The van der Waals surface area contributed by atoms with Gasteiger partial charge in [-0.25, -0.2) is 0 Å². The van der Waals surface area contributed by atoms with Crippen molar-refractivity contribution in [3.63, 3.8) is 0 Å². The summed E-state index contributed by atoms with van der Waals surface area (Å²) in [7, 11) is 2.23. The van der Waals surface area contributed by atoms with E-state index in [1.807, 2.05) is 0 Å². The summed E-state index contributed by atoms with van der Waals surface area (Å²) >= 11 is 0. The van der Waals surface area contributed by atoms with Crippen LogP contribution in [-0.2, 0) is 0 Å². The molecule has 0 aromatic heterocycles. The fourth-order valence-corrected chi connectivity index (χ4v) is 3.10. The molecule has 1 aromatic carbocycles. The van der Waals surface area contributed by atoms with Gasteiger partial charge in [0.25, 0.3) is 0 Å². The first-order valence-electron chi connectivity index (χ1n) is 7.95. The Hall–Kier alpha value is -1.22. The molecule has 1 heterocycles. The minimum Gasteiger partial charge on any atom is -0.383 e. The maximum atomic E-state index is 3.63. The van der Waals surface area contributed by atoms with E-state index in [0.717, 1.165) is 19.6 Å². The first kappa shape index (κ1) is 15.2. The molecular formula is C17H29N3. The summed E-state index contributed by atoms with van der Waals surface area (Å²) in [6.07, 6.45) is 2.66. The van der Waals surface area contributed by atoms with Gasteiger partial charge in [-0.15, -0.1) is 0 Å². The van der Waals surface area contributed by atoms with E-state index in [9.17, 15) is 0 Å². The van der Waals surface area contributed by atoms with Gasteiger partial charge in [0.2, 0.25) is 0 Å². The van der Waals surface area contributed by atoms with Crippen molar-refractivity contribution in [1.29, 1.82) is 0 Å². The first-order chi connectivity index (χ1) is 9.65. The van der Waals surface area contributed by atoms with Crippen molar-refractivity contribution in [3.8, 4) is 0 Å². The van der Waals surface area contributed by atoms with Crippen LogP contribution in [0.1, 0.15) is 32.3 Å². The Morgan fingerprint density at radius 1 is 1.30 bits per heavy atom. The molecule has 0 saturated carbocycles. The van der Waals surface area contributed by atoms with Crippen molar-refractivity contribution in [1.82, 2.24) is 4.90 Å². The smallest absolute Gasteiger partial charge is 0.0371 e. The minimum atomic E-state index is 0.692. The first-order valence-corrected chi connectivity index (χ1v) is 7.95. The van der Waals surface area contributed by atoms with E-state index in [2.05, 4.69) is 61.1 Å². The summed E-state index contributed by atoms with van der Waals surface area (Å²) in [6, 6.07) is 7.46. The molecule has 3 nitrogen and oxygen atoms in total. The number of benzene rings is 1. The number of nitrogens with one attached hydrogen (secondary N) is 1. The molecule has 1 aromatic rings. The van der Waals surface area contributed by atoms with Crippen LogP contribution in [0.5, 0.6) is 0 Å². The van der Waals surface area contributed by atoms with Gasteiger partial charge in [0, 0.05) is 37.1 Å². The summed E-state index contributed by atoms with van der Waals surface area (Å²) in [5.41, 5.74) is 3.95. The Balaban J connectivity index is 1.98. The number of aryl methyl sites for hydroxylation is 1. The molecule has 2 rings (SSSR count). The maximum Gasteiger partial charge on any atom is 0.0371 e. The molecule has 0 bridgehead atoms. The predicted octanol–water partition coefficient (Wildman–Crippen LogP) is 3.35. The molecule has 1 N–H and O–H groups in total. The molecule has 3 heteroatoms. The number of likely N-dealkylation sites (N-methyl/N-ethyl adjacent to an activating group) is 1. The second kappa shape index (κ2) is 6.98. The summed E-state index contributed by atoms with van der Waals surface area (Å²) in [5.74, 6) is 0. The average molecular weight is 275 g/mol. The van der Waals surface area contributed by atoms with Gasteiger partial charge in [-0.05, 0) is 71.0 Å². The summed E-state index contributed by atoms with van der Waals surface area (Å²) in [6.45, 7) is 11.1. The maximum absolute atomic E-state index is 3.63. The van der Waals surface area contributed by atoms with E-state index in [1.165, 1.54) is 36.3 Å². The molecule has 20 heavy (non-hydrogen) atoms. The quantitative estimate of drug-likeness (QED) is 0.859. The average Bonchev–Trinajstić information content (AvgIpc) is 2.85. The van der Waals surface area contributed by atoms with E-state index in [0.29, 0.717) is 6.04 Å². The number of anilines is 2. The zero-order valence-electron chi connectivity index (χ0n) is 13.4. The van der Waals surface area contributed by atoms with Gasteiger partial charge in [0.05, 0.1) is 0 Å². The Morgan fingerprint density at radius 3 is 2.60 bits per heavy atom. The van der Waals surface area contributed by atoms with E-state index in [4.69, 9.17) is 0 Å². The molecule has 0 aliphatic carbocycles. The normalized spacial score (nSPS) is 19.3. The van der Waals surface area contributed by atoms with Crippen LogP contribution >= 0.6 is 0 Å². The van der Waals surface area contributed by atoms with E-state index in [1.54, 1.807) is 0 Å². The van der Waals surface area contributed by atoms with Crippen molar-refractivity contribution in [2.75, 3.05) is 43.4 Å². The minimum absolute atomic E-state index is 0.692. The fraction of sp³-hybridized carbons (Fsp3) is 0.647. The SMILES string of the molecule is CCN(CC)c1ccc(NCC2CCCN2C)c(C)c1. The Morgan fingerprint density at radius 2 is 2.05 bits per heavy atom. The van der Waals surface area contributed by atoms with Crippen LogP contribution in [0.15, 0.2) is 18.2 Å². The lowest BCUT2D eigenvalue weighted by Crippen LogP contribution is -2.31. The van der Waals surface area contributed by atoms with E-state index < -0.39 is 0 Å². The third-order valence-electron chi connectivity index (χ3n) is 4.54. The van der Waals surface area contributed by atoms with Crippen molar-refractivity contribution in [2.24, 2.45) is 0 Å². The Bertz CT molecular complexity index is 426. The van der Waals surface area contributed by atoms with Crippen LogP contribution in [0, 0.1) is 6.92 Å². The highest BCUT2D eigenvalue weighted by molar-refractivity contribution is 5.60. The van der Waals surface area contributed by atoms with Gasteiger partial charge in [-0.3, -0.25) is 0 Å². The van der Waals surface area contributed by atoms with Crippen LogP contribution in [0.2, 0.25) is 0 Å². The van der Waals surface area contributed by atoms with Gasteiger partial charge < -0.3 is 15.1 Å². The van der Waals surface area contributed by atoms with Crippen molar-refractivity contribution < 1.29 is 0 Å². The molecule has 1 atom stereocenters. The highest BCUT2D eigenvalue weighted by atomic mass is 15.2. The number of nitrogens with zero attached hydrogens (tertiary/aromatic N) is 2. The molecule has 0 radical (unpaired) electrons. The molecule has 1 saturated heterocycles. The summed E-state index contributed by atoms with van der Waals surface area (Å²) in [4.78, 5) is 4.86. The molecule has 1 aliphatic rings. The number of hydrogen-bond acceptors (Lipinski definition) is 3. The summed E-state index contributed by atoms with van der Waals surface area (Å²) < 4.78 is 0. The number of rotatable bonds is 6. The molecular weight excluding hydrogens is 246 g/mol. The zero-order valence-corrected chi connectivity index (χ0v) is 13.4. The highest BCUT2D eigenvalue weighted by Gasteiger charge is 2.20. The lowest BCUT2D eigenvalue weighted by Gasteiger charge is -2.24. The van der Waals surface area contributed by atoms with Crippen LogP contribution in [0.3, 0.4) is 0 Å². The molecule has 1 unspecified atom stereocenters. The third-order valence-corrected chi connectivity index (χ3v) is 4.54. The number of likely N-dealkylation sites (tertiary alicyclic amines) is 1. The highest BCUT2D eigenvalue weighted by Crippen LogP contribution is 2.23. The van der Waals surface area contributed by atoms with Crippen LogP contribution in [0.4, 0.5) is 11.4 Å². The molecule has 0 amide bonds. The lowest BCUT2D eigenvalue weighted by atomic mass is 10.1.